The van der Waals surface area contributed by atoms with Crippen LogP contribution in [0.2, 0.25) is 0 Å². The zero-order valence-electron chi connectivity index (χ0n) is 9.93. The second-order valence-electron chi connectivity index (χ2n) is 4.48. The maximum atomic E-state index is 11.9. The largest absolute Gasteiger partial charge is 0.397 e. The number of anilines is 2. The van der Waals surface area contributed by atoms with Gasteiger partial charge in [-0.3, -0.25) is 9.69 Å². The van der Waals surface area contributed by atoms with Crippen LogP contribution in [-0.2, 0) is 11.2 Å². The van der Waals surface area contributed by atoms with E-state index in [4.69, 9.17) is 17.2 Å². The van der Waals surface area contributed by atoms with Crippen molar-refractivity contribution in [2.75, 3.05) is 18.0 Å². The molecule has 0 aliphatic carbocycles. The van der Waals surface area contributed by atoms with Crippen molar-refractivity contribution in [2.24, 2.45) is 11.7 Å². The first kappa shape index (κ1) is 12.2. The number of urea groups is 1. The molecule has 1 unspecified atom stereocenters. The number of imide groups is 1. The lowest BCUT2D eigenvalue weighted by Gasteiger charge is -2.12. The number of nitrogens with two attached hydrogens (primary N) is 3. The van der Waals surface area contributed by atoms with Crippen LogP contribution in [0.1, 0.15) is 12.0 Å². The van der Waals surface area contributed by atoms with Gasteiger partial charge in [-0.05, 0) is 30.5 Å². The zero-order valence-corrected chi connectivity index (χ0v) is 9.93. The third kappa shape index (κ3) is 2.22. The van der Waals surface area contributed by atoms with E-state index in [-0.39, 0.29) is 11.8 Å². The Hall–Kier alpha value is -2.24. The summed E-state index contributed by atoms with van der Waals surface area (Å²) < 4.78 is 0. The average Bonchev–Trinajstić information content (AvgIpc) is 2.66. The van der Waals surface area contributed by atoms with E-state index in [1.54, 1.807) is 12.1 Å². The van der Waals surface area contributed by atoms with Crippen molar-refractivity contribution in [3.63, 3.8) is 0 Å². The number of amides is 3. The summed E-state index contributed by atoms with van der Waals surface area (Å²) in [5.74, 6) is -0.418. The molecule has 3 amide bonds. The normalized spacial score (nSPS) is 19.2. The Bertz CT molecular complexity index is 501. The van der Waals surface area contributed by atoms with Crippen molar-refractivity contribution in [1.82, 2.24) is 4.90 Å². The van der Waals surface area contributed by atoms with Crippen molar-refractivity contribution < 1.29 is 9.59 Å². The molecule has 2 rings (SSSR count). The van der Waals surface area contributed by atoms with E-state index in [0.29, 0.717) is 30.8 Å². The van der Waals surface area contributed by atoms with E-state index in [1.807, 2.05) is 6.07 Å². The second kappa shape index (κ2) is 4.56. The van der Waals surface area contributed by atoms with Crippen LogP contribution in [0.4, 0.5) is 16.2 Å². The van der Waals surface area contributed by atoms with Crippen LogP contribution in [0.3, 0.4) is 0 Å². The van der Waals surface area contributed by atoms with Gasteiger partial charge in [0.2, 0.25) is 5.91 Å². The number of benzene rings is 1. The summed E-state index contributed by atoms with van der Waals surface area (Å²) >= 11 is 0. The van der Waals surface area contributed by atoms with Crippen molar-refractivity contribution in [1.29, 1.82) is 0 Å². The Morgan fingerprint density at radius 1 is 1.33 bits per heavy atom. The highest BCUT2D eigenvalue weighted by molar-refractivity contribution is 5.96. The molecule has 1 aromatic rings. The minimum absolute atomic E-state index is 0.208. The van der Waals surface area contributed by atoms with E-state index >= 15 is 0 Å². The van der Waals surface area contributed by atoms with Gasteiger partial charge in [0.1, 0.15) is 0 Å². The van der Waals surface area contributed by atoms with Gasteiger partial charge >= 0.3 is 6.03 Å². The lowest BCUT2D eigenvalue weighted by atomic mass is 9.97. The van der Waals surface area contributed by atoms with Crippen LogP contribution in [0, 0.1) is 5.92 Å². The molecule has 1 heterocycles. The molecule has 6 nitrogen and oxygen atoms in total. The molecule has 0 bridgehead atoms. The SMILES string of the molecule is NC(=O)N1CCC(Cc2ccc(N)c(N)c2)C1=O. The lowest BCUT2D eigenvalue weighted by Crippen LogP contribution is -2.38. The van der Waals surface area contributed by atoms with Crippen LogP contribution in [0.25, 0.3) is 0 Å². The lowest BCUT2D eigenvalue weighted by molar-refractivity contribution is -0.128. The van der Waals surface area contributed by atoms with E-state index in [9.17, 15) is 9.59 Å². The first-order chi connectivity index (χ1) is 8.49. The molecule has 6 heteroatoms. The molecule has 1 aliphatic rings. The summed E-state index contributed by atoms with van der Waals surface area (Å²) in [6.45, 7) is 0.392. The van der Waals surface area contributed by atoms with E-state index in [2.05, 4.69) is 0 Å². The minimum atomic E-state index is -0.681. The molecule has 96 valence electrons. The standard InChI is InChI=1S/C12H16N4O2/c13-9-2-1-7(6-10(9)14)5-8-3-4-16(11(8)17)12(15)18/h1-2,6,8H,3-5,13-14H2,(H2,15,18). The van der Waals surface area contributed by atoms with Crippen LogP contribution in [-0.4, -0.2) is 23.4 Å². The number of nitrogens with zero attached hydrogens (tertiary/aromatic N) is 1. The van der Waals surface area contributed by atoms with Gasteiger partial charge in [-0.15, -0.1) is 0 Å². The minimum Gasteiger partial charge on any atom is -0.397 e. The van der Waals surface area contributed by atoms with Crippen LogP contribution < -0.4 is 17.2 Å². The van der Waals surface area contributed by atoms with Gasteiger partial charge in [-0.2, -0.15) is 0 Å². The number of hydrogen-bond acceptors (Lipinski definition) is 4. The summed E-state index contributed by atoms with van der Waals surface area (Å²) in [5.41, 5.74) is 18.4. The van der Waals surface area contributed by atoms with Crippen LogP contribution >= 0.6 is 0 Å². The molecule has 18 heavy (non-hydrogen) atoms. The number of carbonyl (C=O) groups excluding carboxylic acids is 2. The van der Waals surface area contributed by atoms with Crippen molar-refractivity contribution in [2.45, 2.75) is 12.8 Å². The average molecular weight is 248 g/mol. The highest BCUT2D eigenvalue weighted by Gasteiger charge is 2.34. The van der Waals surface area contributed by atoms with Gasteiger partial charge in [0.15, 0.2) is 0 Å². The van der Waals surface area contributed by atoms with Gasteiger partial charge < -0.3 is 17.2 Å². The fourth-order valence-corrected chi connectivity index (χ4v) is 2.18. The van der Waals surface area contributed by atoms with Gasteiger partial charge in [-0.25, -0.2) is 4.79 Å². The third-order valence-corrected chi connectivity index (χ3v) is 3.22. The topological polar surface area (TPSA) is 115 Å². The predicted octanol–water partition coefficient (Wildman–Crippen LogP) is 0.321. The first-order valence-electron chi connectivity index (χ1n) is 5.73. The fraction of sp³-hybridized carbons (Fsp3) is 0.333. The third-order valence-electron chi connectivity index (χ3n) is 3.22. The number of likely N-dealkylation sites (tertiary alicyclic amines) is 1. The Labute approximate surface area is 105 Å². The number of nitrogen functional groups attached to an aromatic ring is 2. The summed E-state index contributed by atoms with van der Waals surface area (Å²) in [6, 6.07) is 4.64. The van der Waals surface area contributed by atoms with Gasteiger partial charge in [0.25, 0.3) is 0 Å². The smallest absolute Gasteiger partial charge is 0.321 e. The van der Waals surface area contributed by atoms with Crippen molar-refractivity contribution in [3.05, 3.63) is 23.8 Å². The Kier molecular flexibility index (Phi) is 3.10. The maximum Gasteiger partial charge on any atom is 0.321 e. The van der Waals surface area contributed by atoms with Gasteiger partial charge in [-0.1, -0.05) is 6.07 Å². The second-order valence-corrected chi connectivity index (χ2v) is 4.48. The molecule has 0 spiro atoms. The highest BCUT2D eigenvalue weighted by atomic mass is 16.2. The quantitative estimate of drug-likeness (QED) is 0.653. The number of primary amides is 1. The molecule has 0 saturated carbocycles. The highest BCUT2D eigenvalue weighted by Crippen LogP contribution is 2.24. The van der Waals surface area contributed by atoms with E-state index in [0.717, 1.165) is 10.5 Å². The van der Waals surface area contributed by atoms with E-state index < -0.39 is 6.03 Å². The Morgan fingerprint density at radius 3 is 2.61 bits per heavy atom. The fourth-order valence-electron chi connectivity index (χ4n) is 2.18. The molecule has 1 aliphatic heterocycles. The zero-order chi connectivity index (χ0) is 13.3. The number of rotatable bonds is 2. The maximum absolute atomic E-state index is 11.9. The number of carbonyl (C=O) groups is 2. The molecule has 1 fully saturated rings. The summed E-state index contributed by atoms with van der Waals surface area (Å²) in [6.07, 6.45) is 1.18. The van der Waals surface area contributed by atoms with Crippen molar-refractivity contribution in [3.8, 4) is 0 Å². The first-order valence-corrected chi connectivity index (χ1v) is 5.73. The molecule has 1 saturated heterocycles. The molecule has 0 aromatic heterocycles. The summed E-state index contributed by atoms with van der Waals surface area (Å²) in [7, 11) is 0. The summed E-state index contributed by atoms with van der Waals surface area (Å²) in [5, 5.41) is 0. The monoisotopic (exact) mass is 248 g/mol. The molecule has 6 N–H and O–H groups in total. The Balaban J connectivity index is 2.09. The van der Waals surface area contributed by atoms with Gasteiger partial charge in [0, 0.05) is 12.5 Å². The van der Waals surface area contributed by atoms with Gasteiger partial charge in [0.05, 0.1) is 11.4 Å². The summed E-state index contributed by atoms with van der Waals surface area (Å²) in [4.78, 5) is 24.0. The molecule has 1 aromatic carbocycles. The number of hydrogen-bond donors (Lipinski definition) is 3. The molecular formula is C12H16N4O2. The van der Waals surface area contributed by atoms with E-state index in [1.165, 1.54) is 0 Å². The van der Waals surface area contributed by atoms with Crippen LogP contribution in [0.5, 0.6) is 0 Å². The van der Waals surface area contributed by atoms with Crippen molar-refractivity contribution >= 4 is 23.3 Å². The molecular weight excluding hydrogens is 232 g/mol. The Morgan fingerprint density at radius 2 is 2.06 bits per heavy atom. The predicted molar refractivity (Wildman–Crippen MR) is 68.4 cm³/mol. The molecule has 0 radical (unpaired) electrons. The molecule has 1 atom stereocenters. The van der Waals surface area contributed by atoms with Crippen LogP contribution in [0.15, 0.2) is 18.2 Å².